The van der Waals surface area contributed by atoms with Crippen LogP contribution in [0.25, 0.3) is 0 Å². The van der Waals surface area contributed by atoms with Crippen molar-refractivity contribution in [2.45, 2.75) is 58.7 Å². The van der Waals surface area contributed by atoms with Crippen molar-refractivity contribution in [3.05, 3.63) is 34.9 Å². The van der Waals surface area contributed by atoms with Crippen LogP contribution in [0.2, 0.25) is 0 Å². The molecule has 3 heteroatoms. The van der Waals surface area contributed by atoms with Gasteiger partial charge >= 0.3 is 5.97 Å². The molecule has 1 aromatic rings. The molecule has 0 aromatic heterocycles. The number of benzene rings is 1. The van der Waals surface area contributed by atoms with Crippen molar-refractivity contribution in [3.63, 3.8) is 0 Å². The number of esters is 1. The van der Waals surface area contributed by atoms with Crippen molar-refractivity contribution in [1.29, 1.82) is 0 Å². The van der Waals surface area contributed by atoms with Crippen LogP contribution in [0.15, 0.2) is 18.2 Å². The molecule has 0 spiro atoms. The van der Waals surface area contributed by atoms with Gasteiger partial charge in [0.1, 0.15) is 11.1 Å². The van der Waals surface area contributed by atoms with Crippen LogP contribution in [0.4, 0.5) is 0 Å². The Kier molecular flexibility index (Phi) is 3.43. The van der Waals surface area contributed by atoms with Crippen molar-refractivity contribution in [3.8, 4) is 0 Å². The first-order valence-electron chi connectivity index (χ1n) is 6.87. The fourth-order valence-corrected chi connectivity index (χ4v) is 2.43. The van der Waals surface area contributed by atoms with Gasteiger partial charge in [-0.3, -0.25) is 5.32 Å². The molecule has 1 aliphatic rings. The van der Waals surface area contributed by atoms with Crippen LogP contribution in [0.5, 0.6) is 0 Å². The van der Waals surface area contributed by atoms with E-state index in [-0.39, 0.29) is 5.97 Å². The van der Waals surface area contributed by atoms with E-state index in [1.807, 2.05) is 27.7 Å². The maximum absolute atomic E-state index is 12.4. The van der Waals surface area contributed by atoms with Crippen LogP contribution in [0, 0.1) is 0 Å². The maximum Gasteiger partial charge on any atom is 0.331 e. The Morgan fingerprint density at radius 2 is 2.11 bits per heavy atom. The van der Waals surface area contributed by atoms with Gasteiger partial charge in [0.05, 0.1) is 0 Å². The van der Waals surface area contributed by atoms with Crippen LogP contribution in [0.1, 0.15) is 51.3 Å². The zero-order valence-corrected chi connectivity index (χ0v) is 12.5. The van der Waals surface area contributed by atoms with Crippen molar-refractivity contribution in [1.82, 2.24) is 5.32 Å². The van der Waals surface area contributed by atoms with Gasteiger partial charge in [0.25, 0.3) is 0 Å². The molecule has 0 amide bonds. The predicted molar refractivity (Wildman–Crippen MR) is 75.9 cm³/mol. The van der Waals surface area contributed by atoms with Gasteiger partial charge in [-0.25, -0.2) is 4.79 Å². The SMILES string of the molecule is CCc1ccc2c(c1)CNC2(C)C(=O)OC(C)(C)C. The van der Waals surface area contributed by atoms with Gasteiger partial charge < -0.3 is 4.74 Å². The number of hydrogen-bond acceptors (Lipinski definition) is 3. The second-order valence-electron chi connectivity index (χ2n) is 6.33. The third-order valence-corrected chi connectivity index (χ3v) is 3.56. The van der Waals surface area contributed by atoms with E-state index in [9.17, 15) is 4.79 Å². The number of nitrogens with one attached hydrogen (secondary N) is 1. The number of aryl methyl sites for hydroxylation is 1. The van der Waals surface area contributed by atoms with E-state index >= 15 is 0 Å². The Balaban J connectivity index is 2.32. The van der Waals surface area contributed by atoms with Crippen molar-refractivity contribution in [2.75, 3.05) is 0 Å². The largest absolute Gasteiger partial charge is 0.458 e. The summed E-state index contributed by atoms with van der Waals surface area (Å²) in [4.78, 5) is 12.4. The second kappa shape index (κ2) is 4.64. The van der Waals surface area contributed by atoms with Gasteiger partial charge in [0.2, 0.25) is 0 Å². The summed E-state index contributed by atoms with van der Waals surface area (Å²) in [7, 11) is 0. The number of rotatable bonds is 2. The third kappa shape index (κ3) is 2.66. The van der Waals surface area contributed by atoms with E-state index in [0.717, 1.165) is 18.5 Å². The van der Waals surface area contributed by atoms with Crippen LogP contribution < -0.4 is 5.32 Å². The Morgan fingerprint density at radius 3 is 2.68 bits per heavy atom. The van der Waals surface area contributed by atoms with Gasteiger partial charge in [0, 0.05) is 6.54 Å². The summed E-state index contributed by atoms with van der Waals surface area (Å²) >= 11 is 0. The second-order valence-corrected chi connectivity index (χ2v) is 6.33. The molecule has 3 nitrogen and oxygen atoms in total. The zero-order valence-electron chi connectivity index (χ0n) is 12.5. The molecule has 19 heavy (non-hydrogen) atoms. The number of ether oxygens (including phenoxy) is 1. The molecule has 0 saturated heterocycles. The molecular weight excluding hydrogens is 238 g/mol. The van der Waals surface area contributed by atoms with Crippen molar-refractivity contribution >= 4 is 5.97 Å². The van der Waals surface area contributed by atoms with Crippen LogP contribution in [-0.2, 0) is 28.0 Å². The first-order chi connectivity index (χ1) is 8.76. The molecule has 1 aliphatic heterocycles. The van der Waals surface area contributed by atoms with Crippen LogP contribution >= 0.6 is 0 Å². The molecule has 1 N–H and O–H groups in total. The molecule has 1 aromatic carbocycles. The Morgan fingerprint density at radius 1 is 1.42 bits per heavy atom. The summed E-state index contributed by atoms with van der Waals surface area (Å²) in [5.41, 5.74) is 2.35. The van der Waals surface area contributed by atoms with Gasteiger partial charge in [-0.05, 0) is 50.8 Å². The number of fused-ring (bicyclic) bond motifs is 1. The molecule has 2 rings (SSSR count). The highest BCUT2D eigenvalue weighted by Gasteiger charge is 2.43. The number of hydrogen-bond donors (Lipinski definition) is 1. The topological polar surface area (TPSA) is 38.3 Å². The Labute approximate surface area is 115 Å². The first kappa shape index (κ1) is 14.1. The van der Waals surface area contributed by atoms with E-state index in [4.69, 9.17) is 4.74 Å². The van der Waals surface area contributed by atoms with Crippen molar-refractivity contribution < 1.29 is 9.53 Å². The monoisotopic (exact) mass is 261 g/mol. The van der Waals surface area contributed by atoms with E-state index < -0.39 is 11.1 Å². The van der Waals surface area contributed by atoms with Crippen LogP contribution in [-0.4, -0.2) is 11.6 Å². The Bertz CT molecular complexity index is 502. The molecule has 0 bridgehead atoms. The average molecular weight is 261 g/mol. The lowest BCUT2D eigenvalue weighted by Gasteiger charge is -2.29. The predicted octanol–water partition coefficient (Wildman–Crippen LogP) is 2.91. The first-order valence-corrected chi connectivity index (χ1v) is 6.87. The van der Waals surface area contributed by atoms with Gasteiger partial charge in [-0.2, -0.15) is 0 Å². The Hall–Kier alpha value is -1.35. The quantitative estimate of drug-likeness (QED) is 0.832. The zero-order chi connectivity index (χ0) is 14.3. The molecule has 0 fully saturated rings. The molecule has 0 saturated carbocycles. The summed E-state index contributed by atoms with van der Waals surface area (Å²) in [5, 5.41) is 3.30. The molecule has 1 unspecified atom stereocenters. The summed E-state index contributed by atoms with van der Waals surface area (Å²) < 4.78 is 5.54. The van der Waals surface area contributed by atoms with E-state index in [1.54, 1.807) is 0 Å². The third-order valence-electron chi connectivity index (χ3n) is 3.56. The summed E-state index contributed by atoms with van der Waals surface area (Å²) in [6, 6.07) is 6.32. The normalized spacial score (nSPS) is 22.2. The van der Waals surface area contributed by atoms with E-state index in [0.29, 0.717) is 0 Å². The minimum absolute atomic E-state index is 0.206. The average Bonchev–Trinajstić information content (AvgIpc) is 2.66. The fourth-order valence-electron chi connectivity index (χ4n) is 2.43. The van der Waals surface area contributed by atoms with Crippen molar-refractivity contribution in [2.24, 2.45) is 0 Å². The lowest BCUT2D eigenvalue weighted by atomic mass is 9.91. The molecule has 1 heterocycles. The smallest absolute Gasteiger partial charge is 0.331 e. The van der Waals surface area contributed by atoms with E-state index in [1.165, 1.54) is 11.1 Å². The number of carbonyl (C=O) groups is 1. The fraction of sp³-hybridized carbons (Fsp3) is 0.562. The molecule has 1 atom stereocenters. The molecule has 0 radical (unpaired) electrons. The molecule has 0 aliphatic carbocycles. The van der Waals surface area contributed by atoms with Gasteiger partial charge in [0.15, 0.2) is 0 Å². The minimum atomic E-state index is -0.727. The van der Waals surface area contributed by atoms with Gasteiger partial charge in [-0.15, -0.1) is 0 Å². The van der Waals surface area contributed by atoms with Crippen LogP contribution in [0.3, 0.4) is 0 Å². The standard InChI is InChI=1S/C16H23NO2/c1-6-11-7-8-13-12(9-11)10-17-16(13,5)14(18)19-15(2,3)4/h7-9,17H,6,10H2,1-5H3. The summed E-state index contributed by atoms with van der Waals surface area (Å²) in [5.74, 6) is -0.206. The summed E-state index contributed by atoms with van der Waals surface area (Å²) in [6.45, 7) is 10.4. The minimum Gasteiger partial charge on any atom is -0.458 e. The highest BCUT2D eigenvalue weighted by atomic mass is 16.6. The van der Waals surface area contributed by atoms with E-state index in [2.05, 4.69) is 30.4 Å². The highest BCUT2D eigenvalue weighted by Crippen LogP contribution is 2.33. The maximum atomic E-state index is 12.4. The molecule has 104 valence electrons. The number of carbonyl (C=O) groups excluding carboxylic acids is 1. The lowest BCUT2D eigenvalue weighted by molar-refractivity contribution is -0.162. The van der Waals surface area contributed by atoms with Gasteiger partial charge in [-0.1, -0.05) is 25.1 Å². The molecular formula is C16H23NO2. The summed E-state index contributed by atoms with van der Waals surface area (Å²) in [6.07, 6.45) is 1.01. The lowest BCUT2D eigenvalue weighted by Crippen LogP contribution is -2.45. The highest BCUT2D eigenvalue weighted by molar-refractivity contribution is 5.84.